The van der Waals surface area contributed by atoms with Crippen LogP contribution in [-0.4, -0.2) is 44.2 Å². The van der Waals surface area contributed by atoms with Crippen molar-refractivity contribution in [3.8, 4) is 17.2 Å². The molecule has 3 aromatic rings. The van der Waals surface area contributed by atoms with Crippen molar-refractivity contribution in [3.63, 3.8) is 0 Å². The van der Waals surface area contributed by atoms with E-state index in [-0.39, 0.29) is 22.7 Å². The van der Waals surface area contributed by atoms with Gasteiger partial charge in [0.15, 0.2) is 0 Å². The summed E-state index contributed by atoms with van der Waals surface area (Å²) in [5, 5.41) is 14.6. The van der Waals surface area contributed by atoms with E-state index in [1.807, 2.05) is 0 Å². The lowest BCUT2D eigenvalue weighted by molar-refractivity contribution is -0.113. The van der Waals surface area contributed by atoms with Crippen LogP contribution in [0.4, 0.5) is 5.69 Å². The van der Waals surface area contributed by atoms with E-state index in [0.29, 0.717) is 27.1 Å². The fourth-order valence-electron chi connectivity index (χ4n) is 3.21. The number of carbonyl (C=O) groups excluding carboxylic acids is 2. The van der Waals surface area contributed by atoms with Gasteiger partial charge in [-0.25, -0.2) is 4.79 Å². The largest absolute Gasteiger partial charge is 0.497 e. The molecular formula is C26H23BrN2O7. The van der Waals surface area contributed by atoms with Crippen molar-refractivity contribution < 1.29 is 33.7 Å². The predicted molar refractivity (Wildman–Crippen MR) is 138 cm³/mol. The molecule has 10 heteroatoms. The third-order valence-electron chi connectivity index (χ3n) is 5.05. The number of carbonyl (C=O) groups is 3. The van der Waals surface area contributed by atoms with Crippen molar-refractivity contribution in [2.24, 2.45) is 0 Å². The van der Waals surface area contributed by atoms with Gasteiger partial charge < -0.3 is 30.0 Å². The molecule has 0 saturated carbocycles. The van der Waals surface area contributed by atoms with Crippen LogP contribution in [0.25, 0.3) is 6.08 Å². The topological polar surface area (TPSA) is 123 Å². The molecule has 3 N–H and O–H groups in total. The molecule has 0 aliphatic heterocycles. The van der Waals surface area contributed by atoms with Gasteiger partial charge in [0.2, 0.25) is 0 Å². The van der Waals surface area contributed by atoms with Crippen LogP contribution in [0.2, 0.25) is 0 Å². The van der Waals surface area contributed by atoms with Crippen molar-refractivity contribution >= 4 is 45.5 Å². The molecule has 9 nitrogen and oxygen atoms in total. The second-order valence-electron chi connectivity index (χ2n) is 7.27. The number of rotatable bonds is 9. The molecule has 0 saturated heterocycles. The van der Waals surface area contributed by atoms with Gasteiger partial charge in [-0.1, -0.05) is 12.1 Å². The third kappa shape index (κ3) is 6.22. The molecule has 3 rings (SSSR count). The monoisotopic (exact) mass is 554 g/mol. The Bertz CT molecular complexity index is 1340. The standard InChI is InChI=1S/C26H23BrN2O7/c1-34-17-10-8-15(23(14-17)36-3)12-21(29-24(30)18-6-4-5-7-19(18)27)25(31)28-20-13-16(26(32)33)9-11-22(20)35-2/h4-14H,1-3H3,(H,28,31)(H,29,30)(H,32,33)/b21-12-. The first kappa shape index (κ1) is 26.3. The van der Waals surface area contributed by atoms with Gasteiger partial charge in [0.1, 0.15) is 22.9 Å². The van der Waals surface area contributed by atoms with Gasteiger partial charge in [-0.2, -0.15) is 0 Å². The SMILES string of the molecule is COc1ccc(/C=C(\NC(=O)c2ccccc2Br)C(=O)Nc2cc(C(=O)O)ccc2OC)c(OC)c1. The number of aromatic carboxylic acids is 1. The molecule has 0 radical (unpaired) electrons. The molecule has 0 heterocycles. The Morgan fingerprint density at radius 2 is 1.61 bits per heavy atom. The molecule has 0 fully saturated rings. The van der Waals surface area contributed by atoms with Gasteiger partial charge in [-0.15, -0.1) is 0 Å². The highest BCUT2D eigenvalue weighted by molar-refractivity contribution is 9.10. The Kier molecular flexibility index (Phi) is 8.69. The molecule has 0 spiro atoms. The normalized spacial score (nSPS) is 10.8. The summed E-state index contributed by atoms with van der Waals surface area (Å²) in [6, 6.07) is 15.8. The Labute approximate surface area is 215 Å². The van der Waals surface area contributed by atoms with Crippen molar-refractivity contribution in [1.82, 2.24) is 5.32 Å². The van der Waals surface area contributed by atoms with Crippen LogP contribution in [0.15, 0.2) is 70.8 Å². The summed E-state index contributed by atoms with van der Waals surface area (Å²) in [6.07, 6.45) is 1.44. The summed E-state index contributed by atoms with van der Waals surface area (Å²) >= 11 is 3.34. The number of amides is 2. The van der Waals surface area contributed by atoms with Crippen LogP contribution < -0.4 is 24.8 Å². The van der Waals surface area contributed by atoms with Crippen LogP contribution in [0.1, 0.15) is 26.3 Å². The van der Waals surface area contributed by atoms with Crippen molar-refractivity contribution in [2.75, 3.05) is 26.6 Å². The van der Waals surface area contributed by atoms with Crippen molar-refractivity contribution in [1.29, 1.82) is 0 Å². The van der Waals surface area contributed by atoms with Crippen LogP contribution in [0, 0.1) is 0 Å². The van der Waals surface area contributed by atoms with E-state index in [2.05, 4.69) is 26.6 Å². The minimum Gasteiger partial charge on any atom is -0.497 e. The number of ether oxygens (including phenoxy) is 3. The molecule has 0 aliphatic rings. The number of hydrogen-bond donors (Lipinski definition) is 3. The molecule has 0 aromatic heterocycles. The first-order valence-corrected chi connectivity index (χ1v) is 11.3. The predicted octanol–water partition coefficient (Wildman–Crippen LogP) is 4.58. The third-order valence-corrected chi connectivity index (χ3v) is 5.74. The highest BCUT2D eigenvalue weighted by Crippen LogP contribution is 2.28. The van der Waals surface area contributed by atoms with Crippen LogP contribution >= 0.6 is 15.9 Å². The average Bonchev–Trinajstić information content (AvgIpc) is 2.88. The maximum Gasteiger partial charge on any atom is 0.335 e. The highest BCUT2D eigenvalue weighted by Gasteiger charge is 2.19. The van der Waals surface area contributed by atoms with E-state index < -0.39 is 17.8 Å². The molecule has 2 amide bonds. The van der Waals surface area contributed by atoms with Crippen LogP contribution in [0.5, 0.6) is 17.2 Å². The zero-order chi connectivity index (χ0) is 26.2. The fourth-order valence-corrected chi connectivity index (χ4v) is 3.68. The lowest BCUT2D eigenvalue weighted by Gasteiger charge is -2.15. The highest BCUT2D eigenvalue weighted by atomic mass is 79.9. The minimum atomic E-state index is -1.17. The molecule has 186 valence electrons. The fraction of sp³-hybridized carbons (Fsp3) is 0.115. The molecule has 36 heavy (non-hydrogen) atoms. The van der Waals surface area contributed by atoms with Crippen molar-refractivity contribution in [2.45, 2.75) is 0 Å². The van der Waals surface area contributed by atoms with Gasteiger partial charge in [0.25, 0.3) is 11.8 Å². The van der Waals surface area contributed by atoms with Gasteiger partial charge in [-0.05, 0) is 64.5 Å². The first-order valence-electron chi connectivity index (χ1n) is 10.5. The summed E-state index contributed by atoms with van der Waals surface area (Å²) in [5.41, 5.74) is 0.739. The maximum absolute atomic E-state index is 13.4. The summed E-state index contributed by atoms with van der Waals surface area (Å²) in [7, 11) is 4.37. The number of nitrogens with one attached hydrogen (secondary N) is 2. The number of anilines is 1. The Hall–Kier alpha value is -4.31. The van der Waals surface area contributed by atoms with E-state index in [1.165, 1.54) is 45.6 Å². The quantitative estimate of drug-likeness (QED) is 0.330. The van der Waals surface area contributed by atoms with Gasteiger partial charge in [-0.3, -0.25) is 9.59 Å². The second-order valence-corrected chi connectivity index (χ2v) is 8.13. The summed E-state index contributed by atoms with van der Waals surface area (Å²) in [5.74, 6) is -1.24. The zero-order valence-corrected chi connectivity index (χ0v) is 21.2. The summed E-state index contributed by atoms with van der Waals surface area (Å²) < 4.78 is 16.4. The number of benzene rings is 3. The van der Waals surface area contributed by atoms with E-state index in [0.717, 1.165) is 0 Å². The Balaban J connectivity index is 2.04. The van der Waals surface area contributed by atoms with E-state index in [4.69, 9.17) is 14.2 Å². The number of carboxylic acids is 1. The Morgan fingerprint density at radius 1 is 0.889 bits per heavy atom. The van der Waals surface area contributed by atoms with Crippen LogP contribution in [-0.2, 0) is 4.79 Å². The van der Waals surface area contributed by atoms with Gasteiger partial charge >= 0.3 is 5.97 Å². The summed E-state index contributed by atoms with van der Waals surface area (Å²) in [4.78, 5) is 37.8. The lowest BCUT2D eigenvalue weighted by atomic mass is 10.1. The first-order chi connectivity index (χ1) is 17.3. The number of methoxy groups -OCH3 is 3. The second kappa shape index (κ2) is 11.9. The number of hydrogen-bond acceptors (Lipinski definition) is 6. The van der Waals surface area contributed by atoms with E-state index in [9.17, 15) is 19.5 Å². The van der Waals surface area contributed by atoms with Crippen LogP contribution in [0.3, 0.4) is 0 Å². The minimum absolute atomic E-state index is 0.0503. The number of carboxylic acid groups (broad SMARTS) is 1. The Morgan fingerprint density at radius 3 is 2.25 bits per heavy atom. The molecule has 0 bridgehead atoms. The molecule has 3 aromatic carbocycles. The maximum atomic E-state index is 13.4. The number of halogens is 1. The molecule has 0 atom stereocenters. The molecule has 0 unspecified atom stereocenters. The van der Waals surface area contributed by atoms with E-state index in [1.54, 1.807) is 42.5 Å². The lowest BCUT2D eigenvalue weighted by Crippen LogP contribution is -2.31. The van der Waals surface area contributed by atoms with Crippen molar-refractivity contribution in [3.05, 3.63) is 87.5 Å². The zero-order valence-electron chi connectivity index (χ0n) is 19.6. The van der Waals surface area contributed by atoms with E-state index >= 15 is 0 Å². The molecule has 0 aliphatic carbocycles. The average molecular weight is 555 g/mol. The smallest absolute Gasteiger partial charge is 0.335 e. The van der Waals surface area contributed by atoms with Gasteiger partial charge in [0, 0.05) is 16.1 Å². The summed E-state index contributed by atoms with van der Waals surface area (Å²) in [6.45, 7) is 0. The van der Waals surface area contributed by atoms with Gasteiger partial charge in [0.05, 0.1) is 38.1 Å². The molecular weight excluding hydrogens is 532 g/mol.